The molecule has 268 valence electrons. The number of carbonyl (C=O) groups is 6. The number of anilines is 1. The lowest BCUT2D eigenvalue weighted by molar-refractivity contribution is -0.156. The highest BCUT2D eigenvalue weighted by Crippen LogP contribution is 2.32. The first-order valence-corrected chi connectivity index (χ1v) is 16.1. The largest absolute Gasteiger partial charge is 0.460 e. The first-order chi connectivity index (χ1) is 22.9. The van der Waals surface area contributed by atoms with Gasteiger partial charge in [-0.2, -0.15) is 5.21 Å². The average molecular weight is 686 g/mol. The zero-order valence-electron chi connectivity index (χ0n) is 29.2. The van der Waals surface area contributed by atoms with Gasteiger partial charge in [0.2, 0.25) is 23.6 Å². The lowest BCUT2D eigenvalue weighted by atomic mass is 9.97. The van der Waals surface area contributed by atoms with Crippen LogP contribution in [0.5, 0.6) is 0 Å². The molecule has 49 heavy (non-hydrogen) atoms. The molecule has 0 bridgehead atoms. The molecule has 3 rings (SSSR count). The molecule has 0 unspecified atom stereocenters. The smallest absolute Gasteiger partial charge is 0.408 e. The molecule has 2 heterocycles. The van der Waals surface area contributed by atoms with Crippen molar-refractivity contribution in [3.05, 3.63) is 35.7 Å². The SMILES string of the molecule is CC[C@H](C)[C@H](NC(=O)[C@@H](CC(=O)OC(C)(C)C)NC(=O)OC(C)(C)C)C(=O)NCC(=O)N1c2ccccc2C[C@H]1C(=O)NCc1nn[nH]n1. The number of hydrogen-bond donors (Lipinski definition) is 5. The third kappa shape index (κ3) is 11.5. The lowest BCUT2D eigenvalue weighted by Gasteiger charge is -2.28. The number of benzene rings is 1. The number of ether oxygens (including phenoxy) is 2. The van der Waals surface area contributed by atoms with Gasteiger partial charge in [-0.1, -0.05) is 43.7 Å². The number of aromatic amines is 1. The molecule has 1 aliphatic heterocycles. The molecule has 1 aliphatic rings. The Hall–Kier alpha value is -5.09. The van der Waals surface area contributed by atoms with Crippen LogP contribution in [0.3, 0.4) is 0 Å². The second-order valence-corrected chi connectivity index (χ2v) is 13.7. The van der Waals surface area contributed by atoms with E-state index in [1.165, 1.54) is 4.90 Å². The molecule has 1 aromatic heterocycles. The summed E-state index contributed by atoms with van der Waals surface area (Å²) in [5.74, 6) is -3.40. The Morgan fingerprint density at radius 2 is 1.63 bits per heavy atom. The van der Waals surface area contributed by atoms with Gasteiger partial charge >= 0.3 is 12.1 Å². The molecular formula is C32H47N9O8. The van der Waals surface area contributed by atoms with E-state index in [-0.39, 0.29) is 18.8 Å². The van der Waals surface area contributed by atoms with Gasteiger partial charge in [-0.15, -0.1) is 10.2 Å². The fraction of sp³-hybridized carbons (Fsp3) is 0.594. The Balaban J connectivity index is 1.74. The van der Waals surface area contributed by atoms with Crippen LogP contribution in [0.4, 0.5) is 10.5 Å². The second-order valence-electron chi connectivity index (χ2n) is 13.7. The third-order valence-corrected chi connectivity index (χ3v) is 7.36. The minimum absolute atomic E-state index is 0.00502. The number of para-hydroxylation sites is 1. The first-order valence-electron chi connectivity index (χ1n) is 16.1. The number of hydrogen-bond acceptors (Lipinski definition) is 11. The van der Waals surface area contributed by atoms with Crippen LogP contribution < -0.4 is 26.2 Å². The average Bonchev–Trinajstić information content (AvgIpc) is 3.66. The van der Waals surface area contributed by atoms with E-state index in [2.05, 4.69) is 41.9 Å². The molecular weight excluding hydrogens is 638 g/mol. The zero-order valence-corrected chi connectivity index (χ0v) is 29.2. The molecule has 1 aromatic carbocycles. The number of esters is 1. The van der Waals surface area contributed by atoms with Gasteiger partial charge in [-0.05, 0) is 59.1 Å². The molecule has 0 saturated heterocycles. The van der Waals surface area contributed by atoms with Gasteiger partial charge in [0, 0.05) is 12.1 Å². The van der Waals surface area contributed by atoms with Crippen molar-refractivity contribution in [2.45, 2.75) is 111 Å². The highest BCUT2D eigenvalue weighted by molar-refractivity contribution is 6.05. The lowest BCUT2D eigenvalue weighted by Crippen LogP contribution is -2.57. The first kappa shape index (κ1) is 38.4. The number of nitrogens with one attached hydrogen (secondary N) is 5. The Morgan fingerprint density at radius 1 is 0.959 bits per heavy atom. The molecule has 17 heteroatoms. The Labute approximate surface area is 285 Å². The Bertz CT molecular complexity index is 1470. The Morgan fingerprint density at radius 3 is 2.24 bits per heavy atom. The van der Waals surface area contributed by atoms with Gasteiger partial charge in [0.15, 0.2) is 5.82 Å². The van der Waals surface area contributed by atoms with Crippen molar-refractivity contribution >= 4 is 41.4 Å². The minimum Gasteiger partial charge on any atom is -0.460 e. The summed E-state index contributed by atoms with van der Waals surface area (Å²) in [7, 11) is 0. The summed E-state index contributed by atoms with van der Waals surface area (Å²) < 4.78 is 10.6. The summed E-state index contributed by atoms with van der Waals surface area (Å²) in [5.41, 5.74) is -0.419. The van der Waals surface area contributed by atoms with Crippen LogP contribution in [0.25, 0.3) is 0 Å². The number of carbonyl (C=O) groups excluding carboxylic acids is 6. The zero-order chi connectivity index (χ0) is 36.5. The second kappa shape index (κ2) is 16.3. The normalized spacial score (nSPS) is 16.0. The van der Waals surface area contributed by atoms with Gasteiger partial charge in [0.1, 0.15) is 29.3 Å². The summed E-state index contributed by atoms with van der Waals surface area (Å²) in [6.45, 7) is 13.0. The van der Waals surface area contributed by atoms with Crippen molar-refractivity contribution in [2.75, 3.05) is 11.4 Å². The van der Waals surface area contributed by atoms with Crippen LogP contribution in [0.15, 0.2) is 24.3 Å². The van der Waals surface area contributed by atoms with Crippen LogP contribution in [-0.4, -0.2) is 92.2 Å². The Kier molecular flexibility index (Phi) is 12.8. The van der Waals surface area contributed by atoms with Crippen molar-refractivity contribution in [3.63, 3.8) is 0 Å². The van der Waals surface area contributed by atoms with E-state index in [1.54, 1.807) is 66.7 Å². The molecule has 0 radical (unpaired) electrons. The predicted molar refractivity (Wildman–Crippen MR) is 175 cm³/mol. The van der Waals surface area contributed by atoms with Crippen molar-refractivity contribution in [2.24, 2.45) is 5.92 Å². The van der Waals surface area contributed by atoms with Crippen molar-refractivity contribution in [1.29, 1.82) is 0 Å². The molecule has 5 N–H and O–H groups in total. The summed E-state index contributed by atoms with van der Waals surface area (Å²) >= 11 is 0. The van der Waals surface area contributed by atoms with Crippen molar-refractivity contribution < 1.29 is 38.2 Å². The highest BCUT2D eigenvalue weighted by Gasteiger charge is 2.39. The summed E-state index contributed by atoms with van der Waals surface area (Å²) in [6, 6.07) is 3.60. The topological polar surface area (TPSA) is 227 Å². The molecule has 0 spiro atoms. The molecule has 0 aliphatic carbocycles. The van der Waals surface area contributed by atoms with Crippen molar-refractivity contribution in [3.8, 4) is 0 Å². The van der Waals surface area contributed by atoms with Crippen LogP contribution in [0, 0.1) is 5.92 Å². The number of alkyl carbamates (subject to hydrolysis) is 1. The third-order valence-electron chi connectivity index (χ3n) is 7.36. The van der Waals surface area contributed by atoms with Crippen LogP contribution in [0.1, 0.15) is 79.6 Å². The molecule has 4 atom stereocenters. The van der Waals surface area contributed by atoms with Gasteiger partial charge in [0.25, 0.3) is 0 Å². The van der Waals surface area contributed by atoms with E-state index in [1.807, 2.05) is 13.0 Å². The maximum absolute atomic E-state index is 13.6. The van der Waals surface area contributed by atoms with E-state index < -0.39 is 83.9 Å². The number of tetrazole rings is 1. The van der Waals surface area contributed by atoms with Gasteiger partial charge in [-0.25, -0.2) is 4.79 Å². The number of rotatable bonds is 13. The standard InChI is InChI=1S/C32H47N9O8/c1-9-18(2)26(36-27(44)20(15-25(43)48-31(3,4)5)35-30(47)49-32(6,7)8)29(46)34-17-24(42)41-21-13-11-10-12-19(21)14-22(41)28(45)33-16-23-37-39-40-38-23/h10-13,18,20,22,26H,9,14-17H2,1-8H3,(H,33,45)(H,34,46)(H,35,47)(H,36,44)(H,37,38,39,40)/t18-,20+,22-,26-/m0/s1. The quantitative estimate of drug-likeness (QED) is 0.187. The number of fused-ring (bicyclic) bond motifs is 1. The molecule has 17 nitrogen and oxygen atoms in total. The van der Waals surface area contributed by atoms with Crippen LogP contribution >= 0.6 is 0 Å². The predicted octanol–water partition coefficient (Wildman–Crippen LogP) is 1.05. The van der Waals surface area contributed by atoms with E-state index in [0.717, 1.165) is 5.56 Å². The van der Waals surface area contributed by atoms with Gasteiger partial charge < -0.3 is 30.7 Å². The maximum atomic E-state index is 13.6. The molecule has 5 amide bonds. The van der Waals surface area contributed by atoms with Gasteiger partial charge in [-0.3, -0.25) is 28.9 Å². The van der Waals surface area contributed by atoms with E-state index >= 15 is 0 Å². The summed E-state index contributed by atoms with van der Waals surface area (Å²) in [5, 5.41) is 23.7. The van der Waals surface area contributed by atoms with Crippen LogP contribution in [0.2, 0.25) is 0 Å². The minimum atomic E-state index is -1.43. The van der Waals surface area contributed by atoms with E-state index in [9.17, 15) is 28.8 Å². The van der Waals surface area contributed by atoms with E-state index in [0.29, 0.717) is 12.1 Å². The van der Waals surface area contributed by atoms with Crippen LogP contribution in [-0.2, 0) is 46.4 Å². The monoisotopic (exact) mass is 685 g/mol. The van der Waals surface area contributed by atoms with E-state index in [4.69, 9.17) is 9.47 Å². The number of nitrogens with zero attached hydrogens (tertiary/aromatic N) is 4. The number of amides is 5. The fourth-order valence-corrected chi connectivity index (χ4v) is 4.97. The number of aromatic nitrogens is 4. The maximum Gasteiger partial charge on any atom is 0.408 e. The molecule has 2 aromatic rings. The highest BCUT2D eigenvalue weighted by atomic mass is 16.6. The summed E-state index contributed by atoms with van der Waals surface area (Å²) in [6.07, 6.45) is -0.748. The molecule has 0 fully saturated rings. The molecule has 0 saturated carbocycles. The number of H-pyrrole nitrogens is 1. The summed E-state index contributed by atoms with van der Waals surface area (Å²) in [4.78, 5) is 80.5. The fourth-order valence-electron chi connectivity index (χ4n) is 4.97. The van der Waals surface area contributed by atoms with Crippen molar-refractivity contribution in [1.82, 2.24) is 41.9 Å². The van der Waals surface area contributed by atoms with Gasteiger partial charge in [0.05, 0.1) is 19.5 Å².